The summed E-state index contributed by atoms with van der Waals surface area (Å²) in [5.41, 5.74) is 3.69. The zero-order valence-electron chi connectivity index (χ0n) is 14.7. The molecule has 0 aliphatic rings. The molecule has 0 saturated heterocycles. The van der Waals surface area contributed by atoms with Crippen molar-refractivity contribution in [2.45, 2.75) is 19.9 Å². The van der Waals surface area contributed by atoms with Gasteiger partial charge in [-0.3, -0.25) is 9.69 Å². The van der Waals surface area contributed by atoms with Gasteiger partial charge < -0.3 is 10.1 Å². The van der Waals surface area contributed by atoms with Gasteiger partial charge in [-0.25, -0.2) is 0 Å². The van der Waals surface area contributed by atoms with Crippen molar-refractivity contribution in [1.29, 1.82) is 0 Å². The summed E-state index contributed by atoms with van der Waals surface area (Å²) < 4.78 is 5.14. The van der Waals surface area contributed by atoms with Gasteiger partial charge in [-0.15, -0.1) is 0 Å². The summed E-state index contributed by atoms with van der Waals surface area (Å²) in [5.74, 6) is 0.903. The van der Waals surface area contributed by atoms with Crippen molar-refractivity contribution >= 4 is 5.91 Å². The quantitative estimate of drug-likeness (QED) is 0.811. The predicted molar refractivity (Wildman–Crippen MR) is 97.2 cm³/mol. The van der Waals surface area contributed by atoms with E-state index < -0.39 is 0 Å². The Morgan fingerprint density at radius 3 is 2.50 bits per heavy atom. The summed E-state index contributed by atoms with van der Waals surface area (Å²) >= 11 is 0. The van der Waals surface area contributed by atoms with Gasteiger partial charge in [-0.2, -0.15) is 0 Å². The SMILES string of the molecule is COc1ccc(CCNC(=O)CN(C)Cc2ccccc2C)cc1. The molecular weight excluding hydrogens is 300 g/mol. The molecule has 4 nitrogen and oxygen atoms in total. The van der Waals surface area contributed by atoms with Crippen LogP contribution in [0.15, 0.2) is 48.5 Å². The predicted octanol–water partition coefficient (Wildman–Crippen LogP) is 2.79. The summed E-state index contributed by atoms with van der Waals surface area (Å²) in [7, 11) is 3.62. The minimum atomic E-state index is 0.0552. The van der Waals surface area contributed by atoms with Crippen molar-refractivity contribution in [3.63, 3.8) is 0 Å². The van der Waals surface area contributed by atoms with E-state index in [9.17, 15) is 4.79 Å². The zero-order chi connectivity index (χ0) is 17.4. The second kappa shape index (κ2) is 9.08. The van der Waals surface area contributed by atoms with Crippen LogP contribution in [0.2, 0.25) is 0 Å². The largest absolute Gasteiger partial charge is 0.497 e. The molecule has 0 unspecified atom stereocenters. The molecule has 0 atom stereocenters. The van der Waals surface area contributed by atoms with E-state index in [1.165, 1.54) is 16.7 Å². The maximum absolute atomic E-state index is 12.0. The normalized spacial score (nSPS) is 10.7. The molecule has 4 heteroatoms. The smallest absolute Gasteiger partial charge is 0.234 e. The first-order chi connectivity index (χ1) is 11.6. The third-order valence-electron chi connectivity index (χ3n) is 4.01. The fourth-order valence-corrected chi connectivity index (χ4v) is 2.57. The van der Waals surface area contributed by atoms with E-state index in [4.69, 9.17) is 4.74 Å². The van der Waals surface area contributed by atoms with Crippen LogP contribution in [0.1, 0.15) is 16.7 Å². The highest BCUT2D eigenvalue weighted by Gasteiger charge is 2.08. The van der Waals surface area contributed by atoms with Gasteiger partial charge in [-0.05, 0) is 49.2 Å². The van der Waals surface area contributed by atoms with E-state index in [1.807, 2.05) is 48.3 Å². The van der Waals surface area contributed by atoms with Gasteiger partial charge in [0, 0.05) is 13.1 Å². The van der Waals surface area contributed by atoms with Crippen LogP contribution in [0, 0.1) is 6.92 Å². The van der Waals surface area contributed by atoms with E-state index in [-0.39, 0.29) is 5.91 Å². The molecule has 0 aliphatic carbocycles. The third-order valence-corrected chi connectivity index (χ3v) is 4.01. The number of methoxy groups -OCH3 is 1. The number of likely N-dealkylation sites (N-methyl/N-ethyl adjacent to an activating group) is 1. The number of rotatable bonds is 8. The van der Waals surface area contributed by atoms with Crippen molar-refractivity contribution in [2.75, 3.05) is 27.2 Å². The van der Waals surface area contributed by atoms with Crippen LogP contribution in [-0.2, 0) is 17.8 Å². The van der Waals surface area contributed by atoms with Gasteiger partial charge in [0.05, 0.1) is 13.7 Å². The van der Waals surface area contributed by atoms with Gasteiger partial charge >= 0.3 is 0 Å². The molecule has 0 bridgehead atoms. The van der Waals surface area contributed by atoms with E-state index in [0.717, 1.165) is 18.7 Å². The number of carbonyl (C=O) groups is 1. The van der Waals surface area contributed by atoms with Crippen LogP contribution in [0.3, 0.4) is 0 Å². The summed E-state index contributed by atoms with van der Waals surface area (Å²) in [5, 5.41) is 2.98. The number of nitrogens with one attached hydrogen (secondary N) is 1. The minimum absolute atomic E-state index is 0.0552. The molecule has 2 aromatic carbocycles. The summed E-state index contributed by atoms with van der Waals surface area (Å²) in [6, 6.07) is 16.2. The molecule has 0 radical (unpaired) electrons. The molecule has 0 fully saturated rings. The molecule has 0 heterocycles. The van der Waals surface area contributed by atoms with E-state index in [1.54, 1.807) is 7.11 Å². The molecule has 2 aromatic rings. The van der Waals surface area contributed by atoms with Gasteiger partial charge in [0.15, 0.2) is 0 Å². The number of amides is 1. The maximum atomic E-state index is 12.0. The molecule has 128 valence electrons. The van der Waals surface area contributed by atoms with Crippen LogP contribution in [-0.4, -0.2) is 38.1 Å². The molecule has 0 aliphatic heterocycles. The van der Waals surface area contributed by atoms with Gasteiger partial charge in [0.25, 0.3) is 0 Å². The second-order valence-electron chi connectivity index (χ2n) is 6.05. The number of hydrogen-bond acceptors (Lipinski definition) is 3. The Balaban J connectivity index is 1.71. The van der Waals surface area contributed by atoms with Crippen molar-refractivity contribution in [3.05, 3.63) is 65.2 Å². The molecule has 1 N–H and O–H groups in total. The van der Waals surface area contributed by atoms with Crippen molar-refractivity contribution < 1.29 is 9.53 Å². The Morgan fingerprint density at radius 2 is 1.83 bits per heavy atom. The summed E-state index contributed by atoms with van der Waals surface area (Å²) in [4.78, 5) is 14.1. The molecular formula is C20H26N2O2. The maximum Gasteiger partial charge on any atom is 0.234 e. The lowest BCUT2D eigenvalue weighted by Crippen LogP contribution is -2.35. The number of aryl methyl sites for hydroxylation is 1. The minimum Gasteiger partial charge on any atom is -0.497 e. The zero-order valence-corrected chi connectivity index (χ0v) is 14.7. The highest BCUT2D eigenvalue weighted by Crippen LogP contribution is 2.11. The molecule has 24 heavy (non-hydrogen) atoms. The Labute approximate surface area is 144 Å². The molecule has 2 rings (SSSR count). The Bertz CT molecular complexity index is 653. The van der Waals surface area contributed by atoms with Crippen LogP contribution in [0.25, 0.3) is 0 Å². The fourth-order valence-electron chi connectivity index (χ4n) is 2.57. The standard InChI is InChI=1S/C20H26N2O2/c1-16-6-4-5-7-18(16)14-22(2)15-20(23)21-13-12-17-8-10-19(24-3)11-9-17/h4-11H,12-15H2,1-3H3,(H,21,23). The second-order valence-corrected chi connectivity index (χ2v) is 6.05. The number of carbonyl (C=O) groups excluding carboxylic acids is 1. The van der Waals surface area contributed by atoms with Crippen molar-refractivity contribution in [1.82, 2.24) is 10.2 Å². The lowest BCUT2D eigenvalue weighted by atomic mass is 10.1. The average molecular weight is 326 g/mol. The first-order valence-electron chi connectivity index (χ1n) is 8.21. The topological polar surface area (TPSA) is 41.6 Å². The van der Waals surface area contributed by atoms with Gasteiger partial charge in [-0.1, -0.05) is 36.4 Å². The van der Waals surface area contributed by atoms with Crippen LogP contribution in [0.5, 0.6) is 5.75 Å². The Kier molecular flexibility index (Phi) is 6.82. The van der Waals surface area contributed by atoms with E-state index in [2.05, 4.69) is 24.4 Å². The molecule has 1 amide bonds. The van der Waals surface area contributed by atoms with Crippen molar-refractivity contribution in [3.8, 4) is 5.75 Å². The Hall–Kier alpha value is -2.33. The molecule has 0 aromatic heterocycles. The van der Waals surface area contributed by atoms with E-state index in [0.29, 0.717) is 13.1 Å². The van der Waals surface area contributed by atoms with Gasteiger partial charge in [0.1, 0.15) is 5.75 Å². The van der Waals surface area contributed by atoms with Crippen LogP contribution in [0.4, 0.5) is 0 Å². The van der Waals surface area contributed by atoms with Gasteiger partial charge in [0.2, 0.25) is 5.91 Å². The number of nitrogens with zero attached hydrogens (tertiary/aromatic N) is 1. The first-order valence-corrected chi connectivity index (χ1v) is 8.21. The monoisotopic (exact) mass is 326 g/mol. The number of benzene rings is 2. The lowest BCUT2D eigenvalue weighted by Gasteiger charge is -2.17. The first kappa shape index (κ1) is 18.0. The van der Waals surface area contributed by atoms with Crippen molar-refractivity contribution in [2.24, 2.45) is 0 Å². The Morgan fingerprint density at radius 1 is 1.12 bits per heavy atom. The number of ether oxygens (including phenoxy) is 1. The highest BCUT2D eigenvalue weighted by atomic mass is 16.5. The fraction of sp³-hybridized carbons (Fsp3) is 0.350. The molecule has 0 saturated carbocycles. The number of hydrogen-bond donors (Lipinski definition) is 1. The van der Waals surface area contributed by atoms with Crippen LogP contribution >= 0.6 is 0 Å². The highest BCUT2D eigenvalue weighted by molar-refractivity contribution is 5.77. The van der Waals surface area contributed by atoms with Crippen LogP contribution < -0.4 is 10.1 Å². The average Bonchev–Trinajstić information content (AvgIpc) is 2.57. The van der Waals surface area contributed by atoms with E-state index >= 15 is 0 Å². The third kappa shape index (κ3) is 5.70. The lowest BCUT2D eigenvalue weighted by molar-refractivity contribution is -0.122. The summed E-state index contributed by atoms with van der Waals surface area (Å²) in [6.45, 7) is 3.91. The molecule has 0 spiro atoms. The summed E-state index contributed by atoms with van der Waals surface area (Å²) in [6.07, 6.45) is 0.817.